The molecule has 1 heteroatoms. The molecule has 0 aliphatic heterocycles. The molecule has 0 amide bonds. The van der Waals surface area contributed by atoms with Crippen LogP contribution in [0.1, 0.15) is 36.1 Å². The molecule has 0 saturated heterocycles. The van der Waals surface area contributed by atoms with Crippen LogP contribution in [0.3, 0.4) is 0 Å². The van der Waals surface area contributed by atoms with Gasteiger partial charge < -0.3 is 4.74 Å². The van der Waals surface area contributed by atoms with E-state index in [1.165, 1.54) is 22.3 Å². The van der Waals surface area contributed by atoms with Gasteiger partial charge in [-0.15, -0.1) is 0 Å². The van der Waals surface area contributed by atoms with Crippen LogP contribution >= 0.6 is 0 Å². The van der Waals surface area contributed by atoms with E-state index in [-0.39, 0.29) is 0 Å². The van der Waals surface area contributed by atoms with Crippen molar-refractivity contribution < 1.29 is 4.74 Å². The van der Waals surface area contributed by atoms with Crippen LogP contribution in [0.15, 0.2) is 42.5 Å². The summed E-state index contributed by atoms with van der Waals surface area (Å²) < 4.78 is 5.99. The van der Waals surface area contributed by atoms with E-state index in [0.29, 0.717) is 6.61 Å². The maximum atomic E-state index is 5.99. The molecular weight excluding hydrogens is 232 g/mol. The van der Waals surface area contributed by atoms with Crippen molar-refractivity contribution in [2.24, 2.45) is 0 Å². The smallest absolute Gasteiger partial charge is 0.123 e. The van der Waals surface area contributed by atoms with Gasteiger partial charge in [0, 0.05) is 0 Å². The lowest BCUT2D eigenvalue weighted by atomic mass is 9.98. The number of ether oxygens (including phenoxy) is 1. The highest BCUT2D eigenvalue weighted by atomic mass is 16.5. The first-order valence-corrected chi connectivity index (χ1v) is 7.04. The Morgan fingerprint density at radius 2 is 1.63 bits per heavy atom. The van der Waals surface area contributed by atoms with Crippen molar-refractivity contribution in [2.75, 3.05) is 0 Å². The average Bonchev–Trinajstić information content (AvgIpc) is 2.46. The third-order valence-electron chi connectivity index (χ3n) is 3.64. The van der Waals surface area contributed by atoms with Crippen LogP contribution in [-0.2, 0) is 19.4 Å². The lowest BCUT2D eigenvalue weighted by Crippen LogP contribution is -2.01. The summed E-state index contributed by atoms with van der Waals surface area (Å²) in [5, 5.41) is 0. The second-order valence-electron chi connectivity index (χ2n) is 4.81. The molecule has 2 aromatic rings. The molecule has 19 heavy (non-hydrogen) atoms. The Hall–Kier alpha value is -1.76. The van der Waals surface area contributed by atoms with Crippen molar-refractivity contribution in [1.29, 1.82) is 0 Å². The van der Waals surface area contributed by atoms with Crippen molar-refractivity contribution in [3.05, 3.63) is 64.7 Å². The molecule has 0 aromatic heterocycles. The standard InChI is InChI=1S/C18H22O/c1-4-16-11-12-18(17(5-2)14(16)3)19-13-15-9-7-6-8-10-15/h6-12H,4-5,13H2,1-3H3. The quantitative estimate of drug-likeness (QED) is 0.751. The molecule has 0 spiro atoms. The number of benzene rings is 2. The maximum Gasteiger partial charge on any atom is 0.123 e. The zero-order chi connectivity index (χ0) is 13.7. The molecule has 0 saturated carbocycles. The van der Waals surface area contributed by atoms with E-state index in [2.05, 4.69) is 45.0 Å². The van der Waals surface area contributed by atoms with Crippen LogP contribution in [-0.4, -0.2) is 0 Å². The Labute approximate surface area is 116 Å². The average molecular weight is 254 g/mol. The second kappa shape index (κ2) is 6.42. The van der Waals surface area contributed by atoms with Crippen molar-refractivity contribution in [3.63, 3.8) is 0 Å². The van der Waals surface area contributed by atoms with E-state index in [9.17, 15) is 0 Å². The predicted octanol–water partition coefficient (Wildman–Crippen LogP) is 4.70. The SMILES string of the molecule is CCc1ccc(OCc2ccccc2)c(CC)c1C. The lowest BCUT2D eigenvalue weighted by Gasteiger charge is -2.15. The van der Waals surface area contributed by atoms with Crippen molar-refractivity contribution in [1.82, 2.24) is 0 Å². The van der Waals surface area contributed by atoms with Crippen molar-refractivity contribution in [3.8, 4) is 5.75 Å². The topological polar surface area (TPSA) is 9.23 Å². The molecule has 0 N–H and O–H groups in total. The third kappa shape index (κ3) is 3.17. The van der Waals surface area contributed by atoms with Crippen LogP contribution in [0.5, 0.6) is 5.75 Å². The van der Waals surface area contributed by atoms with E-state index in [1.54, 1.807) is 0 Å². The zero-order valence-corrected chi connectivity index (χ0v) is 12.1. The molecule has 0 fully saturated rings. The minimum atomic E-state index is 0.638. The number of hydrogen-bond donors (Lipinski definition) is 0. The highest BCUT2D eigenvalue weighted by Crippen LogP contribution is 2.26. The molecule has 1 nitrogen and oxygen atoms in total. The molecule has 0 bridgehead atoms. The normalized spacial score (nSPS) is 10.5. The van der Waals surface area contributed by atoms with Crippen LogP contribution in [0.25, 0.3) is 0 Å². The van der Waals surface area contributed by atoms with Crippen molar-refractivity contribution >= 4 is 0 Å². The highest BCUT2D eigenvalue weighted by Gasteiger charge is 2.08. The summed E-state index contributed by atoms with van der Waals surface area (Å²) >= 11 is 0. The fourth-order valence-electron chi connectivity index (χ4n) is 2.47. The minimum absolute atomic E-state index is 0.638. The first kappa shape index (κ1) is 13.7. The van der Waals surface area contributed by atoms with Gasteiger partial charge in [-0.25, -0.2) is 0 Å². The Morgan fingerprint density at radius 1 is 0.895 bits per heavy atom. The molecule has 0 aliphatic rings. The fraction of sp³-hybridized carbons (Fsp3) is 0.333. The lowest BCUT2D eigenvalue weighted by molar-refractivity contribution is 0.303. The highest BCUT2D eigenvalue weighted by molar-refractivity contribution is 5.44. The van der Waals surface area contributed by atoms with E-state index in [1.807, 2.05) is 18.2 Å². The largest absolute Gasteiger partial charge is 0.489 e. The van der Waals surface area contributed by atoms with Crippen LogP contribution in [0, 0.1) is 6.92 Å². The Bertz CT molecular complexity index is 529. The van der Waals surface area contributed by atoms with Crippen LogP contribution in [0.2, 0.25) is 0 Å². The summed E-state index contributed by atoms with van der Waals surface area (Å²) in [6.45, 7) is 7.23. The molecule has 0 atom stereocenters. The monoisotopic (exact) mass is 254 g/mol. The van der Waals surface area contributed by atoms with E-state index in [0.717, 1.165) is 18.6 Å². The Balaban J connectivity index is 2.19. The van der Waals surface area contributed by atoms with Gasteiger partial charge >= 0.3 is 0 Å². The predicted molar refractivity (Wildman–Crippen MR) is 80.7 cm³/mol. The minimum Gasteiger partial charge on any atom is -0.489 e. The van der Waals surface area contributed by atoms with Gasteiger partial charge in [0.05, 0.1) is 0 Å². The Kier molecular flexibility index (Phi) is 4.62. The third-order valence-corrected chi connectivity index (χ3v) is 3.64. The summed E-state index contributed by atoms with van der Waals surface area (Å²) in [5.41, 5.74) is 5.36. The molecule has 0 radical (unpaired) electrons. The molecular formula is C18H22O. The van der Waals surface area contributed by atoms with Gasteiger partial charge in [0.2, 0.25) is 0 Å². The Morgan fingerprint density at radius 3 is 2.26 bits per heavy atom. The number of aryl methyl sites for hydroxylation is 1. The molecule has 2 aromatic carbocycles. The van der Waals surface area contributed by atoms with Gasteiger partial charge in [-0.2, -0.15) is 0 Å². The van der Waals surface area contributed by atoms with Gasteiger partial charge in [-0.1, -0.05) is 50.2 Å². The van der Waals surface area contributed by atoms with Gasteiger partial charge in [0.15, 0.2) is 0 Å². The van der Waals surface area contributed by atoms with Gasteiger partial charge in [0.25, 0.3) is 0 Å². The van der Waals surface area contributed by atoms with Crippen LogP contribution in [0.4, 0.5) is 0 Å². The maximum absolute atomic E-state index is 5.99. The summed E-state index contributed by atoms with van der Waals surface area (Å²) in [4.78, 5) is 0. The molecule has 0 unspecified atom stereocenters. The first-order chi connectivity index (χ1) is 9.26. The molecule has 100 valence electrons. The molecule has 0 aliphatic carbocycles. The second-order valence-corrected chi connectivity index (χ2v) is 4.81. The summed E-state index contributed by atoms with van der Waals surface area (Å²) in [6, 6.07) is 14.6. The van der Waals surface area contributed by atoms with Crippen LogP contribution < -0.4 is 4.74 Å². The summed E-state index contributed by atoms with van der Waals surface area (Å²) in [6.07, 6.45) is 2.10. The zero-order valence-electron chi connectivity index (χ0n) is 12.1. The van der Waals surface area contributed by atoms with Crippen molar-refractivity contribution in [2.45, 2.75) is 40.2 Å². The summed E-state index contributed by atoms with van der Waals surface area (Å²) in [5.74, 6) is 1.03. The van der Waals surface area contributed by atoms with Gasteiger partial charge in [-0.3, -0.25) is 0 Å². The summed E-state index contributed by atoms with van der Waals surface area (Å²) in [7, 11) is 0. The van der Waals surface area contributed by atoms with Gasteiger partial charge in [0.1, 0.15) is 12.4 Å². The first-order valence-electron chi connectivity index (χ1n) is 7.04. The van der Waals surface area contributed by atoms with E-state index < -0.39 is 0 Å². The number of rotatable bonds is 5. The molecule has 0 heterocycles. The van der Waals surface area contributed by atoms with Gasteiger partial charge in [-0.05, 0) is 48.1 Å². The van der Waals surface area contributed by atoms with E-state index >= 15 is 0 Å². The molecule has 2 rings (SSSR count). The number of hydrogen-bond acceptors (Lipinski definition) is 1. The van der Waals surface area contributed by atoms with E-state index in [4.69, 9.17) is 4.74 Å². The fourth-order valence-corrected chi connectivity index (χ4v) is 2.47.